The van der Waals surface area contributed by atoms with Crippen LogP contribution < -0.4 is 14.5 Å². The molecule has 4 rings (SSSR count). The molecular formula is C18H22Cl2FN3O4Pt. The van der Waals surface area contributed by atoms with Gasteiger partial charge in [-0.2, -0.15) is 0 Å². The summed E-state index contributed by atoms with van der Waals surface area (Å²) in [5.41, 5.74) is 1.04. The number of carboxylic acid groups (broad SMARTS) is 1. The maximum atomic E-state index is 15.0. The SMILES string of the molecule is C[C@H]1COc2c(N3CCN(C)CC3)c(F)cc3c2N1C=C(C(=O)O)C3O.[Cl][Pt][Cl]. The third kappa shape index (κ3) is 4.37. The van der Waals surface area contributed by atoms with Crippen LogP contribution in [0.15, 0.2) is 17.8 Å². The van der Waals surface area contributed by atoms with Crippen LogP contribution in [0.25, 0.3) is 0 Å². The minimum absolute atomic E-state index is 0.117. The van der Waals surface area contributed by atoms with E-state index in [1.807, 2.05) is 18.9 Å². The fraction of sp³-hybridized carbons (Fsp3) is 0.500. The molecule has 3 heterocycles. The van der Waals surface area contributed by atoms with Crippen molar-refractivity contribution < 1.29 is 40.6 Å². The standard InChI is InChI=1S/C18H22FN3O4.2ClH.Pt/c1-10-9-26-17-14-11(16(23)12(18(24)25)8-22(10)14)7-13(19)15(17)21-5-3-20(2)4-6-21;;;/h7-8,10,16,23H,3-6,9H2,1-2H3,(H,24,25);2*1H;/q;;;+2/p-2/t10-,16?;;;/m0.../s1. The third-order valence-electron chi connectivity index (χ3n) is 5.35. The molecule has 1 unspecified atom stereocenters. The first-order valence-corrected chi connectivity index (χ1v) is 14.6. The molecule has 0 bridgehead atoms. The van der Waals surface area contributed by atoms with Crippen LogP contribution in [-0.4, -0.2) is 67.0 Å². The molecule has 7 nitrogen and oxygen atoms in total. The Kier molecular flexibility index (Phi) is 7.33. The predicted octanol–water partition coefficient (Wildman–Crippen LogP) is 2.56. The Morgan fingerprint density at radius 2 is 1.90 bits per heavy atom. The molecule has 0 amide bonds. The van der Waals surface area contributed by atoms with E-state index >= 15 is 4.39 Å². The normalized spacial score (nSPS) is 23.6. The summed E-state index contributed by atoms with van der Waals surface area (Å²) in [7, 11) is 11.8. The number of hydrogen-bond donors (Lipinski definition) is 2. The molecular weight excluding hydrogens is 607 g/mol. The van der Waals surface area contributed by atoms with E-state index in [1.54, 1.807) is 4.90 Å². The third-order valence-corrected chi connectivity index (χ3v) is 5.35. The van der Waals surface area contributed by atoms with Crippen molar-refractivity contribution >= 4 is 36.2 Å². The molecule has 0 saturated carbocycles. The Bertz CT molecular complexity index is 821. The number of aliphatic carboxylic acids is 1. The zero-order valence-electron chi connectivity index (χ0n) is 15.8. The van der Waals surface area contributed by atoms with E-state index in [4.69, 9.17) is 23.6 Å². The van der Waals surface area contributed by atoms with E-state index in [0.29, 0.717) is 36.8 Å². The molecule has 1 aromatic carbocycles. The number of halogens is 3. The molecule has 2 N–H and O–H groups in total. The summed E-state index contributed by atoms with van der Waals surface area (Å²) in [6.45, 7) is 5.22. The van der Waals surface area contributed by atoms with Gasteiger partial charge in [-0.3, -0.25) is 0 Å². The van der Waals surface area contributed by atoms with Gasteiger partial charge in [0.25, 0.3) is 0 Å². The summed E-state index contributed by atoms with van der Waals surface area (Å²) in [5.74, 6) is -1.32. The number of likely N-dealkylation sites (N-methyl/N-ethyl adjacent to an activating group) is 1. The van der Waals surface area contributed by atoms with Gasteiger partial charge in [0.2, 0.25) is 0 Å². The Morgan fingerprint density at radius 1 is 1.28 bits per heavy atom. The molecule has 0 spiro atoms. The molecule has 2 atom stereocenters. The second-order valence-corrected chi connectivity index (χ2v) is 10.5. The molecule has 3 aliphatic rings. The molecule has 0 aliphatic carbocycles. The number of rotatable bonds is 2. The van der Waals surface area contributed by atoms with Gasteiger partial charge >= 0.3 is 41.3 Å². The summed E-state index contributed by atoms with van der Waals surface area (Å²) in [6.07, 6.45) is 0.0555. The van der Waals surface area contributed by atoms with E-state index < -0.39 is 34.4 Å². The average molecular weight is 629 g/mol. The van der Waals surface area contributed by atoms with E-state index in [9.17, 15) is 15.0 Å². The van der Waals surface area contributed by atoms with Gasteiger partial charge < -0.3 is 29.6 Å². The molecule has 0 aromatic heterocycles. The monoisotopic (exact) mass is 628 g/mol. The number of carboxylic acids is 1. The van der Waals surface area contributed by atoms with Gasteiger partial charge in [-0.05, 0) is 20.0 Å². The Labute approximate surface area is 185 Å². The van der Waals surface area contributed by atoms with Crippen LogP contribution in [0, 0.1) is 5.82 Å². The first kappa shape index (κ1) is 22.6. The van der Waals surface area contributed by atoms with Crippen molar-refractivity contribution in [1.29, 1.82) is 0 Å². The van der Waals surface area contributed by atoms with Gasteiger partial charge in [0.05, 0.1) is 17.3 Å². The number of aliphatic hydroxyl groups excluding tert-OH is 1. The summed E-state index contributed by atoms with van der Waals surface area (Å²) in [4.78, 5) is 17.4. The van der Waals surface area contributed by atoms with Crippen LogP contribution in [0.2, 0.25) is 0 Å². The van der Waals surface area contributed by atoms with Gasteiger partial charge in [0, 0.05) is 37.9 Å². The molecule has 1 saturated heterocycles. The van der Waals surface area contributed by atoms with Crippen LogP contribution in [0.3, 0.4) is 0 Å². The summed E-state index contributed by atoms with van der Waals surface area (Å²) < 4.78 is 20.9. The second kappa shape index (κ2) is 9.39. The van der Waals surface area contributed by atoms with Crippen molar-refractivity contribution in [3.8, 4) is 5.75 Å². The molecule has 1 fully saturated rings. The molecule has 11 heteroatoms. The number of hydrogen-bond acceptors (Lipinski definition) is 6. The Hall–Kier alpha value is -1.05. The number of nitrogens with zero attached hydrogens (tertiary/aromatic N) is 3. The number of piperazine rings is 1. The maximum absolute atomic E-state index is 15.0. The van der Waals surface area contributed by atoms with Gasteiger partial charge in [0.15, 0.2) is 11.6 Å². The zero-order chi connectivity index (χ0) is 21.3. The number of carbonyl (C=O) groups is 1. The van der Waals surface area contributed by atoms with Crippen molar-refractivity contribution in [2.75, 3.05) is 49.6 Å². The number of anilines is 2. The van der Waals surface area contributed by atoms with Gasteiger partial charge in [-0.25, -0.2) is 9.18 Å². The van der Waals surface area contributed by atoms with Crippen molar-refractivity contribution in [3.63, 3.8) is 0 Å². The van der Waals surface area contributed by atoms with Gasteiger partial charge in [-0.15, -0.1) is 0 Å². The summed E-state index contributed by atoms with van der Waals surface area (Å²) in [5, 5.41) is 19.9. The fourth-order valence-electron chi connectivity index (χ4n) is 3.82. The molecule has 1 aromatic rings. The van der Waals surface area contributed by atoms with E-state index in [1.165, 1.54) is 12.3 Å². The van der Waals surface area contributed by atoms with Gasteiger partial charge in [-0.1, -0.05) is 0 Å². The van der Waals surface area contributed by atoms with Gasteiger partial charge in [0.1, 0.15) is 18.4 Å². The second-order valence-electron chi connectivity index (χ2n) is 7.17. The van der Waals surface area contributed by atoms with E-state index in [0.717, 1.165) is 13.1 Å². The zero-order valence-corrected chi connectivity index (χ0v) is 19.6. The van der Waals surface area contributed by atoms with Crippen LogP contribution in [-0.2, 0) is 21.3 Å². The first-order valence-electron chi connectivity index (χ1n) is 8.96. The molecule has 164 valence electrons. The Morgan fingerprint density at radius 3 is 2.48 bits per heavy atom. The number of ether oxygens (including phenoxy) is 1. The summed E-state index contributed by atoms with van der Waals surface area (Å²) >= 11 is -0.472. The number of aliphatic hydroxyl groups is 1. The van der Waals surface area contributed by atoms with Crippen molar-refractivity contribution in [3.05, 3.63) is 29.2 Å². The van der Waals surface area contributed by atoms with Crippen molar-refractivity contribution in [2.45, 2.75) is 19.1 Å². The minimum atomic E-state index is -1.39. The van der Waals surface area contributed by atoms with E-state index in [2.05, 4.69) is 4.90 Å². The average Bonchev–Trinajstić information content (AvgIpc) is 2.67. The van der Waals surface area contributed by atoms with Crippen LogP contribution in [0.1, 0.15) is 18.6 Å². The molecule has 0 radical (unpaired) electrons. The van der Waals surface area contributed by atoms with Crippen molar-refractivity contribution in [2.24, 2.45) is 0 Å². The predicted molar refractivity (Wildman–Crippen MR) is 106 cm³/mol. The molecule has 3 aliphatic heterocycles. The Balaban J connectivity index is 0.000000755. The van der Waals surface area contributed by atoms with Crippen LogP contribution in [0.5, 0.6) is 5.75 Å². The quantitative estimate of drug-likeness (QED) is 0.522. The van der Waals surface area contributed by atoms with Crippen LogP contribution in [0.4, 0.5) is 15.8 Å². The molecule has 29 heavy (non-hydrogen) atoms. The topological polar surface area (TPSA) is 76.5 Å². The van der Waals surface area contributed by atoms with Crippen molar-refractivity contribution in [1.82, 2.24) is 4.90 Å². The number of benzene rings is 1. The van der Waals surface area contributed by atoms with Crippen LogP contribution >= 0.6 is 18.8 Å². The fourth-order valence-corrected chi connectivity index (χ4v) is 3.82. The van der Waals surface area contributed by atoms with E-state index in [-0.39, 0.29) is 17.2 Å². The first-order chi connectivity index (χ1) is 13.8. The summed E-state index contributed by atoms with van der Waals surface area (Å²) in [6, 6.07) is 1.13.